The summed E-state index contributed by atoms with van der Waals surface area (Å²) in [6.07, 6.45) is 2.19. The van der Waals surface area contributed by atoms with E-state index in [1.807, 2.05) is 6.92 Å². The molecular weight excluding hydrogens is 309 g/mol. The Morgan fingerprint density at radius 2 is 2.33 bits per heavy atom. The van der Waals surface area contributed by atoms with Crippen LogP contribution in [0.4, 0.5) is 0 Å². The smallest absolute Gasteiger partial charge is 0.329 e. The van der Waals surface area contributed by atoms with Crippen LogP contribution in [0.25, 0.3) is 0 Å². The first-order valence-electron chi connectivity index (χ1n) is 5.07. The highest BCUT2D eigenvalue weighted by Crippen LogP contribution is 2.56. The van der Waals surface area contributed by atoms with Crippen LogP contribution in [-0.4, -0.2) is 28.7 Å². The number of rotatable bonds is 3. The quantitative estimate of drug-likeness (QED) is 0.809. The van der Waals surface area contributed by atoms with E-state index in [0.29, 0.717) is 6.54 Å². The summed E-state index contributed by atoms with van der Waals surface area (Å²) >= 11 is 2.11. The fourth-order valence-corrected chi connectivity index (χ4v) is 3.08. The first kappa shape index (κ1) is 11.2. The second-order valence-corrected chi connectivity index (χ2v) is 5.47. The third kappa shape index (κ3) is 1.75. The summed E-state index contributed by atoms with van der Waals surface area (Å²) < 4.78 is 0.835. The number of carboxylic acid groups (broad SMARTS) is 1. The molecule has 4 nitrogen and oxygen atoms in total. The van der Waals surface area contributed by atoms with Gasteiger partial charge in [-0.05, 0) is 42.4 Å². The number of halogens is 1. The molecule has 1 aliphatic carbocycles. The van der Waals surface area contributed by atoms with Crippen molar-refractivity contribution >= 4 is 28.6 Å². The van der Waals surface area contributed by atoms with E-state index in [1.54, 1.807) is 5.06 Å². The molecule has 5 heteroatoms. The monoisotopic (exact) mass is 323 g/mol. The fourth-order valence-electron chi connectivity index (χ4n) is 1.76. The Morgan fingerprint density at radius 3 is 2.67 bits per heavy atom. The van der Waals surface area contributed by atoms with Crippen molar-refractivity contribution in [2.75, 3.05) is 6.54 Å². The molecule has 0 aromatic rings. The van der Waals surface area contributed by atoms with Crippen LogP contribution in [0.15, 0.2) is 9.34 Å². The predicted molar refractivity (Wildman–Crippen MR) is 63.3 cm³/mol. The molecule has 0 aromatic heterocycles. The maximum absolute atomic E-state index is 11.1. The first-order chi connectivity index (χ1) is 6.99. The lowest BCUT2D eigenvalue weighted by molar-refractivity contribution is -0.163. The van der Waals surface area contributed by atoms with Gasteiger partial charge in [-0.25, -0.2) is 4.79 Å². The fraction of sp³-hybridized carbons (Fsp3) is 0.700. The zero-order valence-corrected chi connectivity index (χ0v) is 10.9. The lowest BCUT2D eigenvalue weighted by atomic mass is 10.1. The predicted octanol–water partition coefficient (Wildman–Crippen LogP) is 2.15. The van der Waals surface area contributed by atoms with E-state index >= 15 is 0 Å². The molecule has 1 unspecified atom stereocenters. The van der Waals surface area contributed by atoms with Gasteiger partial charge in [-0.1, -0.05) is 6.92 Å². The van der Waals surface area contributed by atoms with Gasteiger partial charge in [-0.2, -0.15) is 0 Å². The van der Waals surface area contributed by atoms with Gasteiger partial charge in [-0.15, -0.1) is 5.06 Å². The largest absolute Gasteiger partial charge is 0.480 e. The van der Waals surface area contributed by atoms with Gasteiger partial charge in [0.1, 0.15) is 5.76 Å². The molecule has 1 saturated carbocycles. The Hall–Kier alpha value is -0.300. The third-order valence-corrected chi connectivity index (χ3v) is 4.13. The minimum atomic E-state index is -0.833. The highest BCUT2D eigenvalue weighted by atomic mass is 127. The maximum atomic E-state index is 11.1. The second-order valence-electron chi connectivity index (χ2n) is 4.30. The SMILES string of the molecule is CCN1OC(C2(C)CC2)=C(I)C1C(=O)O. The molecule has 1 heterocycles. The van der Waals surface area contributed by atoms with Crippen LogP contribution in [0, 0.1) is 5.41 Å². The Balaban J connectivity index is 2.29. The van der Waals surface area contributed by atoms with Crippen LogP contribution in [0.1, 0.15) is 26.7 Å². The van der Waals surface area contributed by atoms with E-state index in [2.05, 4.69) is 29.5 Å². The number of likely N-dealkylation sites (N-methyl/N-ethyl adjacent to an activating group) is 1. The molecule has 0 radical (unpaired) electrons. The molecule has 1 aliphatic heterocycles. The van der Waals surface area contributed by atoms with Gasteiger partial charge < -0.3 is 9.94 Å². The normalized spacial score (nSPS) is 29.1. The van der Waals surface area contributed by atoms with Crippen molar-refractivity contribution < 1.29 is 14.7 Å². The minimum absolute atomic E-state index is 0.0914. The molecule has 0 aromatic carbocycles. The molecule has 0 spiro atoms. The van der Waals surface area contributed by atoms with Crippen molar-refractivity contribution in [1.82, 2.24) is 5.06 Å². The van der Waals surface area contributed by atoms with Crippen LogP contribution in [0.2, 0.25) is 0 Å². The average molecular weight is 323 g/mol. The van der Waals surface area contributed by atoms with E-state index in [1.165, 1.54) is 0 Å². The Kier molecular flexibility index (Phi) is 2.70. The molecule has 1 N–H and O–H groups in total. The van der Waals surface area contributed by atoms with Gasteiger partial charge >= 0.3 is 5.97 Å². The summed E-state index contributed by atoms with van der Waals surface area (Å²) in [6.45, 7) is 4.61. The number of carboxylic acids is 1. The van der Waals surface area contributed by atoms with Crippen LogP contribution in [0.5, 0.6) is 0 Å². The minimum Gasteiger partial charge on any atom is -0.480 e. The van der Waals surface area contributed by atoms with Gasteiger partial charge in [-0.3, -0.25) is 0 Å². The van der Waals surface area contributed by atoms with Gasteiger partial charge in [0.05, 0.1) is 3.58 Å². The lowest BCUT2D eigenvalue weighted by Gasteiger charge is -2.19. The maximum Gasteiger partial charge on any atom is 0.329 e. The highest BCUT2D eigenvalue weighted by molar-refractivity contribution is 14.1. The number of carbonyl (C=O) groups is 1. The number of nitrogens with zero attached hydrogens (tertiary/aromatic N) is 1. The van der Waals surface area contributed by atoms with Crippen molar-refractivity contribution in [2.45, 2.75) is 32.7 Å². The van der Waals surface area contributed by atoms with Crippen LogP contribution in [0.3, 0.4) is 0 Å². The van der Waals surface area contributed by atoms with Gasteiger partial charge in [0, 0.05) is 12.0 Å². The van der Waals surface area contributed by atoms with E-state index in [4.69, 9.17) is 9.94 Å². The van der Waals surface area contributed by atoms with Gasteiger partial charge in [0.25, 0.3) is 0 Å². The Morgan fingerprint density at radius 1 is 1.73 bits per heavy atom. The first-order valence-corrected chi connectivity index (χ1v) is 6.15. The molecule has 2 rings (SSSR count). The summed E-state index contributed by atoms with van der Waals surface area (Å²) in [7, 11) is 0. The summed E-state index contributed by atoms with van der Waals surface area (Å²) in [5, 5.41) is 10.7. The molecule has 0 bridgehead atoms. The summed E-state index contributed by atoms with van der Waals surface area (Å²) in [4.78, 5) is 16.8. The summed E-state index contributed by atoms with van der Waals surface area (Å²) in [5.41, 5.74) is 0.0914. The van der Waals surface area contributed by atoms with E-state index in [9.17, 15) is 4.79 Å². The topological polar surface area (TPSA) is 49.8 Å². The van der Waals surface area contributed by atoms with E-state index < -0.39 is 12.0 Å². The number of hydrogen-bond acceptors (Lipinski definition) is 3. The second kappa shape index (κ2) is 3.62. The lowest BCUT2D eigenvalue weighted by Crippen LogP contribution is -2.36. The number of hydrogen-bond donors (Lipinski definition) is 1. The van der Waals surface area contributed by atoms with Crippen LogP contribution in [-0.2, 0) is 9.63 Å². The molecular formula is C10H14INO3. The molecule has 84 valence electrons. The van der Waals surface area contributed by atoms with Crippen molar-refractivity contribution in [3.8, 4) is 0 Å². The Labute approximate surface area is 102 Å². The molecule has 0 amide bonds. The highest BCUT2D eigenvalue weighted by Gasteiger charge is 2.51. The standard InChI is InChI=1S/C10H14INO3/c1-3-12-7(9(13)14)6(11)8(15-12)10(2)4-5-10/h7H,3-5H2,1-2H3,(H,13,14). The number of hydroxylamine groups is 2. The summed E-state index contributed by atoms with van der Waals surface area (Å²) in [6, 6.07) is -0.608. The molecule has 1 atom stereocenters. The van der Waals surface area contributed by atoms with Gasteiger partial charge in [0.2, 0.25) is 0 Å². The molecule has 1 fully saturated rings. The zero-order chi connectivity index (χ0) is 11.2. The van der Waals surface area contributed by atoms with Crippen LogP contribution >= 0.6 is 22.6 Å². The summed E-state index contributed by atoms with van der Waals surface area (Å²) in [5.74, 6) is 0.0397. The average Bonchev–Trinajstić information content (AvgIpc) is 2.79. The number of allylic oxidation sites excluding steroid dienone is 1. The van der Waals surface area contributed by atoms with Crippen molar-refractivity contribution in [3.63, 3.8) is 0 Å². The zero-order valence-electron chi connectivity index (χ0n) is 8.79. The van der Waals surface area contributed by atoms with E-state index in [0.717, 1.165) is 22.2 Å². The van der Waals surface area contributed by atoms with Crippen molar-refractivity contribution in [3.05, 3.63) is 9.34 Å². The third-order valence-electron chi connectivity index (χ3n) is 3.05. The molecule has 15 heavy (non-hydrogen) atoms. The van der Waals surface area contributed by atoms with Crippen molar-refractivity contribution in [1.29, 1.82) is 0 Å². The van der Waals surface area contributed by atoms with Crippen LogP contribution < -0.4 is 0 Å². The van der Waals surface area contributed by atoms with E-state index in [-0.39, 0.29) is 5.41 Å². The molecule has 2 aliphatic rings. The van der Waals surface area contributed by atoms with Gasteiger partial charge in [0.15, 0.2) is 6.04 Å². The molecule has 0 saturated heterocycles. The van der Waals surface area contributed by atoms with Crippen molar-refractivity contribution in [2.24, 2.45) is 5.41 Å². The Bertz CT molecular complexity index is 336. The number of aliphatic carboxylic acids is 1.